The summed E-state index contributed by atoms with van der Waals surface area (Å²) in [5.41, 5.74) is 2.42. The minimum absolute atomic E-state index is 0.197. The van der Waals surface area contributed by atoms with Gasteiger partial charge < -0.3 is 14.6 Å². The Hall–Kier alpha value is -1.48. The van der Waals surface area contributed by atoms with E-state index in [-0.39, 0.29) is 6.10 Å². The van der Waals surface area contributed by atoms with Crippen molar-refractivity contribution in [3.8, 4) is 5.75 Å². The van der Waals surface area contributed by atoms with Gasteiger partial charge in [0.25, 0.3) is 0 Å². The van der Waals surface area contributed by atoms with E-state index in [1.807, 2.05) is 12.1 Å². The standard InChI is InChI=1S/C14H20N2O/c1-10(2)17-13-7-5-6-12-14(13)11(8-15-12)9-16(3)4/h5-8,10,15H,9H2,1-4H3. The van der Waals surface area contributed by atoms with E-state index >= 15 is 0 Å². The number of H-pyrrole nitrogens is 1. The maximum Gasteiger partial charge on any atom is 0.129 e. The van der Waals surface area contributed by atoms with E-state index in [9.17, 15) is 0 Å². The molecule has 1 N–H and O–H groups in total. The Morgan fingerprint density at radius 1 is 1.29 bits per heavy atom. The fraction of sp³-hybridized carbons (Fsp3) is 0.429. The van der Waals surface area contributed by atoms with Crippen LogP contribution in [0.2, 0.25) is 0 Å². The van der Waals surface area contributed by atoms with E-state index in [0.29, 0.717) is 0 Å². The van der Waals surface area contributed by atoms with Gasteiger partial charge in [-0.25, -0.2) is 0 Å². The molecule has 0 unspecified atom stereocenters. The molecule has 0 saturated heterocycles. The average Bonchev–Trinajstić information content (AvgIpc) is 2.61. The second-order valence-electron chi connectivity index (χ2n) is 4.90. The smallest absolute Gasteiger partial charge is 0.129 e. The van der Waals surface area contributed by atoms with Gasteiger partial charge in [0, 0.05) is 23.6 Å². The van der Waals surface area contributed by atoms with Crippen molar-refractivity contribution in [1.82, 2.24) is 9.88 Å². The molecule has 0 spiro atoms. The largest absolute Gasteiger partial charge is 0.490 e. The highest BCUT2D eigenvalue weighted by molar-refractivity contribution is 5.89. The van der Waals surface area contributed by atoms with Gasteiger partial charge in [-0.2, -0.15) is 0 Å². The Morgan fingerprint density at radius 3 is 2.71 bits per heavy atom. The average molecular weight is 232 g/mol. The molecule has 0 bridgehead atoms. The van der Waals surface area contributed by atoms with Crippen LogP contribution in [0.5, 0.6) is 5.75 Å². The van der Waals surface area contributed by atoms with Crippen LogP contribution in [0, 0.1) is 0 Å². The van der Waals surface area contributed by atoms with Gasteiger partial charge in [0.1, 0.15) is 5.75 Å². The molecule has 1 aromatic carbocycles. The van der Waals surface area contributed by atoms with Crippen LogP contribution in [-0.4, -0.2) is 30.1 Å². The maximum absolute atomic E-state index is 5.87. The Balaban J connectivity index is 2.47. The summed E-state index contributed by atoms with van der Waals surface area (Å²) in [6.45, 7) is 5.02. The summed E-state index contributed by atoms with van der Waals surface area (Å²) in [5.74, 6) is 0.968. The maximum atomic E-state index is 5.87. The first kappa shape index (κ1) is 12.0. The van der Waals surface area contributed by atoms with Gasteiger partial charge in [-0.1, -0.05) is 6.07 Å². The third-order valence-corrected chi connectivity index (χ3v) is 2.60. The van der Waals surface area contributed by atoms with Crippen LogP contribution in [0.3, 0.4) is 0 Å². The monoisotopic (exact) mass is 232 g/mol. The van der Waals surface area contributed by atoms with Crippen molar-refractivity contribution in [3.63, 3.8) is 0 Å². The molecule has 0 radical (unpaired) electrons. The van der Waals surface area contributed by atoms with Gasteiger partial charge in [-0.05, 0) is 45.6 Å². The first-order valence-electron chi connectivity index (χ1n) is 5.98. The van der Waals surface area contributed by atoms with Gasteiger partial charge in [0.05, 0.1) is 6.10 Å². The number of aromatic amines is 1. The fourth-order valence-electron chi connectivity index (χ4n) is 2.04. The van der Waals surface area contributed by atoms with Gasteiger partial charge >= 0.3 is 0 Å². The van der Waals surface area contributed by atoms with E-state index in [2.05, 4.69) is 50.1 Å². The number of nitrogens with one attached hydrogen (secondary N) is 1. The van der Waals surface area contributed by atoms with Crippen molar-refractivity contribution in [1.29, 1.82) is 0 Å². The highest BCUT2D eigenvalue weighted by Crippen LogP contribution is 2.29. The molecular weight excluding hydrogens is 212 g/mol. The lowest BCUT2D eigenvalue weighted by atomic mass is 10.1. The number of rotatable bonds is 4. The minimum Gasteiger partial charge on any atom is -0.490 e. The van der Waals surface area contributed by atoms with E-state index in [0.717, 1.165) is 17.8 Å². The lowest BCUT2D eigenvalue weighted by Crippen LogP contribution is -2.11. The molecule has 0 aliphatic rings. The molecule has 2 aromatic rings. The van der Waals surface area contributed by atoms with Crippen LogP contribution in [0.25, 0.3) is 10.9 Å². The van der Waals surface area contributed by atoms with Crippen LogP contribution < -0.4 is 4.74 Å². The van der Waals surface area contributed by atoms with E-state index in [1.54, 1.807) is 0 Å². The molecule has 0 aliphatic heterocycles. The molecule has 3 heteroatoms. The molecule has 2 rings (SSSR count). The third-order valence-electron chi connectivity index (χ3n) is 2.60. The van der Waals surface area contributed by atoms with Crippen LogP contribution >= 0.6 is 0 Å². The van der Waals surface area contributed by atoms with Crippen LogP contribution in [0.15, 0.2) is 24.4 Å². The first-order valence-corrected chi connectivity index (χ1v) is 5.98. The van der Waals surface area contributed by atoms with Gasteiger partial charge in [0.15, 0.2) is 0 Å². The lowest BCUT2D eigenvalue weighted by Gasteiger charge is -2.13. The molecule has 1 aromatic heterocycles. The van der Waals surface area contributed by atoms with Crippen molar-refractivity contribution in [2.24, 2.45) is 0 Å². The number of ether oxygens (including phenoxy) is 1. The number of hydrogen-bond acceptors (Lipinski definition) is 2. The molecule has 0 saturated carbocycles. The number of aromatic nitrogens is 1. The second-order valence-corrected chi connectivity index (χ2v) is 4.90. The summed E-state index contributed by atoms with van der Waals surface area (Å²) >= 11 is 0. The molecule has 0 aliphatic carbocycles. The zero-order valence-corrected chi connectivity index (χ0v) is 10.9. The van der Waals surface area contributed by atoms with Crippen molar-refractivity contribution in [2.75, 3.05) is 14.1 Å². The summed E-state index contributed by atoms with van der Waals surface area (Å²) in [6, 6.07) is 6.15. The summed E-state index contributed by atoms with van der Waals surface area (Å²) in [5, 5.41) is 1.20. The minimum atomic E-state index is 0.197. The molecule has 92 valence electrons. The van der Waals surface area contributed by atoms with Crippen molar-refractivity contribution < 1.29 is 4.74 Å². The van der Waals surface area contributed by atoms with Crippen LogP contribution in [-0.2, 0) is 6.54 Å². The summed E-state index contributed by atoms with van der Waals surface area (Å²) in [6.07, 6.45) is 2.26. The van der Waals surface area contributed by atoms with Gasteiger partial charge in [0.2, 0.25) is 0 Å². The number of nitrogens with zero attached hydrogens (tertiary/aromatic N) is 1. The number of hydrogen-bond donors (Lipinski definition) is 1. The van der Waals surface area contributed by atoms with Gasteiger partial charge in [-0.15, -0.1) is 0 Å². The second kappa shape index (κ2) is 4.80. The summed E-state index contributed by atoms with van der Waals surface area (Å²) in [7, 11) is 4.15. The lowest BCUT2D eigenvalue weighted by molar-refractivity contribution is 0.245. The van der Waals surface area contributed by atoms with E-state index in [4.69, 9.17) is 4.74 Å². The molecule has 0 atom stereocenters. The van der Waals surface area contributed by atoms with Crippen molar-refractivity contribution in [3.05, 3.63) is 30.0 Å². The quantitative estimate of drug-likeness (QED) is 0.877. The zero-order valence-electron chi connectivity index (χ0n) is 10.9. The molecule has 0 fully saturated rings. The van der Waals surface area contributed by atoms with Crippen molar-refractivity contribution >= 4 is 10.9 Å². The Kier molecular flexibility index (Phi) is 3.38. The fourth-order valence-corrected chi connectivity index (χ4v) is 2.04. The Morgan fingerprint density at radius 2 is 2.06 bits per heavy atom. The number of fused-ring (bicyclic) bond motifs is 1. The highest BCUT2D eigenvalue weighted by Gasteiger charge is 2.10. The number of benzene rings is 1. The van der Waals surface area contributed by atoms with E-state index < -0.39 is 0 Å². The van der Waals surface area contributed by atoms with Gasteiger partial charge in [-0.3, -0.25) is 0 Å². The zero-order chi connectivity index (χ0) is 12.4. The Bertz CT molecular complexity index is 500. The predicted octanol–water partition coefficient (Wildman–Crippen LogP) is 3.02. The van der Waals surface area contributed by atoms with E-state index in [1.165, 1.54) is 10.9 Å². The normalized spacial score (nSPS) is 11.6. The molecule has 1 heterocycles. The molecule has 3 nitrogen and oxygen atoms in total. The molecular formula is C14H20N2O. The summed E-state index contributed by atoms with van der Waals surface area (Å²) in [4.78, 5) is 5.46. The topological polar surface area (TPSA) is 28.3 Å². The highest BCUT2D eigenvalue weighted by atomic mass is 16.5. The Labute approximate surface area is 102 Å². The third kappa shape index (κ3) is 2.61. The van der Waals surface area contributed by atoms with Crippen LogP contribution in [0.1, 0.15) is 19.4 Å². The van der Waals surface area contributed by atoms with Crippen molar-refractivity contribution in [2.45, 2.75) is 26.5 Å². The predicted molar refractivity (Wildman–Crippen MR) is 71.5 cm³/mol. The molecule has 17 heavy (non-hydrogen) atoms. The summed E-state index contributed by atoms with van der Waals surface area (Å²) < 4.78 is 5.87. The van der Waals surface area contributed by atoms with Crippen LogP contribution in [0.4, 0.5) is 0 Å². The SMILES string of the molecule is CC(C)Oc1cccc2[nH]cc(CN(C)C)c12. The molecule has 0 amide bonds. The first-order chi connectivity index (χ1) is 8.08.